The molecule has 1 aliphatic rings. The summed E-state index contributed by atoms with van der Waals surface area (Å²) in [6.07, 6.45) is -3.37. The van der Waals surface area contributed by atoms with E-state index in [4.69, 9.17) is 21.4 Å². The zero-order valence-electron chi connectivity index (χ0n) is 10.7. The molecular weight excluding hydrogens is 284 g/mol. The first kappa shape index (κ1) is 13.8. The van der Waals surface area contributed by atoms with Crippen LogP contribution in [0.2, 0.25) is 0 Å². The van der Waals surface area contributed by atoms with Crippen molar-refractivity contribution in [1.29, 1.82) is 0 Å². The smallest absolute Gasteiger partial charge is 0.301 e. The van der Waals surface area contributed by atoms with Crippen molar-refractivity contribution in [3.05, 3.63) is 16.7 Å². The van der Waals surface area contributed by atoms with Gasteiger partial charge in [0.1, 0.15) is 18.3 Å². The Labute approximate surface area is 117 Å². The average Bonchev–Trinajstić information content (AvgIpc) is 2.99. The van der Waals surface area contributed by atoms with E-state index < -0.39 is 36.7 Å². The third kappa shape index (κ3) is 1.86. The third-order valence-electron chi connectivity index (χ3n) is 3.45. The van der Waals surface area contributed by atoms with Gasteiger partial charge in [-0.15, -0.1) is 0 Å². The number of nitrogens with two attached hydrogens (primary N) is 2. The molecule has 0 spiro atoms. The summed E-state index contributed by atoms with van der Waals surface area (Å²) >= 11 is 0. The summed E-state index contributed by atoms with van der Waals surface area (Å²) in [5, 5.41) is 28.8. The summed E-state index contributed by atoms with van der Waals surface area (Å²) in [4.78, 5) is 19.7. The molecule has 11 heteroatoms. The van der Waals surface area contributed by atoms with Crippen LogP contribution in [0.4, 0.5) is 5.95 Å². The number of rotatable bonds is 2. The predicted octanol–water partition coefficient (Wildman–Crippen LogP) is -3.50. The molecule has 114 valence electrons. The van der Waals surface area contributed by atoms with Crippen LogP contribution < -0.4 is 17.1 Å². The van der Waals surface area contributed by atoms with Crippen LogP contribution in [0, 0.1) is 0 Å². The molecule has 1 aliphatic heterocycles. The minimum atomic E-state index is -1.32. The number of aromatic nitrogens is 4. The fourth-order valence-corrected chi connectivity index (χ4v) is 2.29. The van der Waals surface area contributed by atoms with E-state index in [-0.39, 0.29) is 17.1 Å². The quantitative estimate of drug-likeness (QED) is 0.352. The van der Waals surface area contributed by atoms with Crippen molar-refractivity contribution in [3.8, 4) is 0 Å². The Bertz CT molecular complexity index is 741. The number of anilines is 1. The molecule has 2 aromatic heterocycles. The fourth-order valence-electron chi connectivity index (χ4n) is 2.29. The summed E-state index contributed by atoms with van der Waals surface area (Å²) in [6.45, 7) is -0.466. The lowest BCUT2D eigenvalue weighted by Gasteiger charge is -2.16. The van der Waals surface area contributed by atoms with Gasteiger partial charge in [0.25, 0.3) is 0 Å². The molecule has 0 aliphatic carbocycles. The van der Waals surface area contributed by atoms with E-state index in [1.54, 1.807) is 0 Å². The van der Waals surface area contributed by atoms with Gasteiger partial charge >= 0.3 is 5.56 Å². The van der Waals surface area contributed by atoms with Crippen molar-refractivity contribution in [2.45, 2.75) is 24.5 Å². The van der Waals surface area contributed by atoms with Crippen molar-refractivity contribution in [2.75, 3.05) is 18.2 Å². The number of hydrogen-bond donors (Lipinski definition) is 5. The van der Waals surface area contributed by atoms with Crippen LogP contribution in [0.1, 0.15) is 6.23 Å². The van der Waals surface area contributed by atoms with Gasteiger partial charge in [0.2, 0.25) is 5.95 Å². The largest absolute Gasteiger partial charge is 0.394 e. The first-order chi connectivity index (χ1) is 9.95. The number of fused-ring (bicyclic) bond motifs is 1. The molecule has 2 aromatic rings. The molecule has 1 saturated heterocycles. The molecule has 4 atom stereocenters. The number of aliphatic hydroxyl groups is 3. The number of nitrogens with zero attached hydrogens (tertiary/aromatic N) is 4. The van der Waals surface area contributed by atoms with Gasteiger partial charge in [0.05, 0.1) is 12.9 Å². The van der Waals surface area contributed by atoms with E-state index in [2.05, 4.69) is 9.97 Å². The van der Waals surface area contributed by atoms with E-state index in [0.717, 1.165) is 0 Å². The van der Waals surface area contributed by atoms with Gasteiger partial charge < -0.3 is 31.6 Å². The number of imidazole rings is 1. The standard InChI is InChI=1S/C10H14N6O5/c11-10-14-7-4(8(20)16(10)12)13-2-15(7)9-6(19)5(18)3(1-17)21-9/h2-3,5-6,9,17-19H,1,12H2,(H2,11,14)/t3-,5?,6?,9-/m1/s1. The maximum Gasteiger partial charge on any atom is 0.301 e. The van der Waals surface area contributed by atoms with Crippen molar-refractivity contribution < 1.29 is 20.1 Å². The van der Waals surface area contributed by atoms with Crippen LogP contribution in [0.15, 0.2) is 11.1 Å². The summed E-state index contributed by atoms with van der Waals surface area (Å²) < 4.78 is 7.26. The van der Waals surface area contributed by atoms with Crippen molar-refractivity contribution >= 4 is 17.1 Å². The minimum Gasteiger partial charge on any atom is -0.394 e. The van der Waals surface area contributed by atoms with Crippen molar-refractivity contribution in [3.63, 3.8) is 0 Å². The average molecular weight is 298 g/mol. The minimum absolute atomic E-state index is 0.0514. The van der Waals surface area contributed by atoms with E-state index >= 15 is 0 Å². The molecule has 21 heavy (non-hydrogen) atoms. The zero-order chi connectivity index (χ0) is 15.3. The summed E-state index contributed by atoms with van der Waals surface area (Å²) in [5.74, 6) is 5.18. The predicted molar refractivity (Wildman–Crippen MR) is 69.4 cm³/mol. The molecule has 0 radical (unpaired) electrons. The Kier molecular flexibility index (Phi) is 3.06. The highest BCUT2D eigenvalue weighted by Crippen LogP contribution is 2.30. The normalized spacial score (nSPS) is 29.3. The number of nitrogen functional groups attached to an aromatic ring is 2. The first-order valence-electron chi connectivity index (χ1n) is 6.08. The van der Waals surface area contributed by atoms with Crippen LogP contribution in [-0.2, 0) is 4.74 Å². The SMILES string of the molecule is Nc1nc2c(ncn2[C@@H]2O[C@H](CO)C(O)C2O)c(=O)n1N. The maximum absolute atomic E-state index is 11.9. The first-order valence-corrected chi connectivity index (χ1v) is 6.08. The summed E-state index contributed by atoms with van der Waals surface area (Å²) in [6, 6.07) is 0. The summed E-state index contributed by atoms with van der Waals surface area (Å²) in [5.41, 5.74) is 4.88. The van der Waals surface area contributed by atoms with Gasteiger partial charge in [-0.25, -0.2) is 4.98 Å². The zero-order valence-corrected chi connectivity index (χ0v) is 10.7. The second kappa shape index (κ2) is 4.66. The molecule has 3 heterocycles. The Morgan fingerprint density at radius 3 is 2.71 bits per heavy atom. The van der Waals surface area contributed by atoms with Crippen LogP contribution in [0.25, 0.3) is 11.2 Å². The highest BCUT2D eigenvalue weighted by molar-refractivity contribution is 5.71. The molecule has 11 nitrogen and oxygen atoms in total. The van der Waals surface area contributed by atoms with Gasteiger partial charge in [-0.2, -0.15) is 9.66 Å². The van der Waals surface area contributed by atoms with Crippen molar-refractivity contribution in [1.82, 2.24) is 19.2 Å². The highest BCUT2D eigenvalue weighted by Gasteiger charge is 2.44. The summed E-state index contributed by atoms with van der Waals surface area (Å²) in [7, 11) is 0. The Balaban J connectivity index is 2.12. The molecule has 0 bridgehead atoms. The van der Waals surface area contributed by atoms with E-state index in [1.807, 2.05) is 0 Å². The lowest BCUT2D eigenvalue weighted by Crippen LogP contribution is -2.33. The molecule has 1 fully saturated rings. The molecule has 0 amide bonds. The number of aliphatic hydroxyl groups excluding tert-OH is 3. The van der Waals surface area contributed by atoms with Gasteiger partial charge in [0.15, 0.2) is 17.4 Å². The van der Waals surface area contributed by atoms with Crippen LogP contribution in [-0.4, -0.2) is 59.4 Å². The Morgan fingerprint density at radius 2 is 2.10 bits per heavy atom. The molecule has 0 aromatic carbocycles. The number of hydrogen-bond acceptors (Lipinski definition) is 9. The lowest BCUT2D eigenvalue weighted by molar-refractivity contribution is -0.0511. The topological polar surface area (TPSA) is 175 Å². The molecule has 0 saturated carbocycles. The Morgan fingerprint density at radius 1 is 1.38 bits per heavy atom. The molecule has 7 N–H and O–H groups in total. The van der Waals surface area contributed by atoms with Crippen molar-refractivity contribution in [2.24, 2.45) is 0 Å². The van der Waals surface area contributed by atoms with Gasteiger partial charge in [-0.05, 0) is 0 Å². The van der Waals surface area contributed by atoms with Crippen LogP contribution in [0.5, 0.6) is 0 Å². The van der Waals surface area contributed by atoms with Gasteiger partial charge in [-0.3, -0.25) is 9.36 Å². The molecular formula is C10H14N6O5. The Hall–Kier alpha value is -2.21. The van der Waals surface area contributed by atoms with E-state index in [9.17, 15) is 15.0 Å². The van der Waals surface area contributed by atoms with E-state index in [1.165, 1.54) is 10.9 Å². The monoisotopic (exact) mass is 298 g/mol. The lowest BCUT2D eigenvalue weighted by atomic mass is 10.1. The highest BCUT2D eigenvalue weighted by atomic mass is 16.6. The van der Waals surface area contributed by atoms with E-state index in [0.29, 0.717) is 4.68 Å². The van der Waals surface area contributed by atoms with Crippen LogP contribution >= 0.6 is 0 Å². The van der Waals surface area contributed by atoms with Crippen LogP contribution in [0.3, 0.4) is 0 Å². The maximum atomic E-state index is 11.9. The molecule has 2 unspecified atom stereocenters. The molecule has 3 rings (SSSR count). The second-order valence-corrected chi connectivity index (χ2v) is 4.70. The fraction of sp³-hybridized carbons (Fsp3) is 0.500. The van der Waals surface area contributed by atoms with Gasteiger partial charge in [0, 0.05) is 0 Å². The van der Waals surface area contributed by atoms with Gasteiger partial charge in [-0.1, -0.05) is 0 Å². The second-order valence-electron chi connectivity index (χ2n) is 4.70. The third-order valence-corrected chi connectivity index (χ3v) is 3.45. The number of ether oxygens (including phenoxy) is 1.